The van der Waals surface area contributed by atoms with Gasteiger partial charge in [0.1, 0.15) is 5.82 Å². The zero-order chi connectivity index (χ0) is 13.1. The Morgan fingerprint density at radius 3 is 2.44 bits per heavy atom. The molecule has 0 saturated heterocycles. The van der Waals surface area contributed by atoms with Gasteiger partial charge in [0.25, 0.3) is 0 Å². The van der Waals surface area contributed by atoms with E-state index in [9.17, 15) is 0 Å². The Morgan fingerprint density at radius 1 is 1.28 bits per heavy atom. The third kappa shape index (κ3) is 3.02. The number of anilines is 1. The van der Waals surface area contributed by atoms with Crippen LogP contribution in [0.15, 0.2) is 18.3 Å². The molecule has 1 heterocycles. The van der Waals surface area contributed by atoms with Gasteiger partial charge in [0.05, 0.1) is 0 Å². The van der Waals surface area contributed by atoms with E-state index < -0.39 is 0 Å². The van der Waals surface area contributed by atoms with Gasteiger partial charge in [-0.25, -0.2) is 4.98 Å². The van der Waals surface area contributed by atoms with Crippen LogP contribution in [0, 0.1) is 5.92 Å². The SMILES string of the molecule is CC1CCC(N(C)c2ccc([C@@H](C)N)cn2)CC1. The van der Waals surface area contributed by atoms with E-state index in [1.165, 1.54) is 25.7 Å². The van der Waals surface area contributed by atoms with E-state index in [0.717, 1.165) is 17.3 Å². The molecule has 0 aromatic carbocycles. The second-order valence-corrected chi connectivity index (χ2v) is 5.76. The van der Waals surface area contributed by atoms with E-state index >= 15 is 0 Å². The van der Waals surface area contributed by atoms with Crippen molar-refractivity contribution in [2.24, 2.45) is 11.7 Å². The van der Waals surface area contributed by atoms with Crippen LogP contribution in [-0.2, 0) is 0 Å². The number of nitrogens with zero attached hydrogens (tertiary/aromatic N) is 2. The summed E-state index contributed by atoms with van der Waals surface area (Å²) in [5, 5.41) is 0. The van der Waals surface area contributed by atoms with Crippen LogP contribution in [0.4, 0.5) is 5.82 Å². The van der Waals surface area contributed by atoms with Gasteiger partial charge in [-0.1, -0.05) is 13.0 Å². The Bertz CT molecular complexity index is 364. The summed E-state index contributed by atoms with van der Waals surface area (Å²) < 4.78 is 0. The summed E-state index contributed by atoms with van der Waals surface area (Å²) in [6, 6.07) is 4.90. The van der Waals surface area contributed by atoms with Crippen molar-refractivity contribution in [1.29, 1.82) is 0 Å². The topological polar surface area (TPSA) is 42.1 Å². The van der Waals surface area contributed by atoms with Gasteiger partial charge in [-0.3, -0.25) is 0 Å². The molecular weight excluding hydrogens is 222 g/mol. The quantitative estimate of drug-likeness (QED) is 0.892. The molecule has 1 aromatic heterocycles. The fourth-order valence-electron chi connectivity index (χ4n) is 2.69. The minimum atomic E-state index is 0.0624. The Kier molecular flexibility index (Phi) is 4.23. The Hall–Kier alpha value is -1.09. The molecule has 1 aliphatic carbocycles. The third-order valence-electron chi connectivity index (χ3n) is 4.19. The van der Waals surface area contributed by atoms with Crippen molar-refractivity contribution >= 4 is 5.82 Å². The lowest BCUT2D eigenvalue weighted by Crippen LogP contribution is -2.35. The van der Waals surface area contributed by atoms with Crippen LogP contribution in [0.2, 0.25) is 0 Å². The molecule has 100 valence electrons. The molecule has 1 saturated carbocycles. The van der Waals surface area contributed by atoms with Crippen molar-refractivity contribution in [2.45, 2.75) is 51.6 Å². The molecule has 1 aromatic rings. The molecule has 0 amide bonds. The molecule has 0 unspecified atom stereocenters. The molecule has 0 bridgehead atoms. The first-order valence-electron chi connectivity index (χ1n) is 7.02. The highest BCUT2D eigenvalue weighted by molar-refractivity contribution is 5.40. The first-order chi connectivity index (χ1) is 8.58. The zero-order valence-corrected chi connectivity index (χ0v) is 11.8. The molecule has 1 aliphatic rings. The normalized spacial score (nSPS) is 25.8. The predicted molar refractivity (Wildman–Crippen MR) is 76.7 cm³/mol. The molecule has 2 rings (SSSR count). The van der Waals surface area contributed by atoms with Gasteiger partial charge in [-0.15, -0.1) is 0 Å². The molecule has 0 spiro atoms. The van der Waals surface area contributed by atoms with Crippen molar-refractivity contribution in [3.8, 4) is 0 Å². The summed E-state index contributed by atoms with van der Waals surface area (Å²) in [5.41, 5.74) is 6.95. The number of hydrogen-bond acceptors (Lipinski definition) is 3. The van der Waals surface area contributed by atoms with Crippen LogP contribution in [0.25, 0.3) is 0 Å². The number of pyridine rings is 1. The molecule has 1 atom stereocenters. The van der Waals surface area contributed by atoms with Crippen molar-refractivity contribution in [2.75, 3.05) is 11.9 Å². The monoisotopic (exact) mass is 247 g/mol. The van der Waals surface area contributed by atoms with Crippen LogP contribution in [0.3, 0.4) is 0 Å². The molecule has 3 nitrogen and oxygen atoms in total. The number of aromatic nitrogens is 1. The molecule has 2 N–H and O–H groups in total. The summed E-state index contributed by atoms with van der Waals surface area (Å²) in [6.07, 6.45) is 7.16. The first kappa shape index (κ1) is 13.3. The largest absolute Gasteiger partial charge is 0.357 e. The highest BCUT2D eigenvalue weighted by Gasteiger charge is 2.22. The van der Waals surface area contributed by atoms with Gasteiger partial charge in [0, 0.05) is 25.3 Å². The average Bonchev–Trinajstić information content (AvgIpc) is 2.39. The van der Waals surface area contributed by atoms with Crippen LogP contribution in [0.5, 0.6) is 0 Å². The van der Waals surface area contributed by atoms with Gasteiger partial charge >= 0.3 is 0 Å². The summed E-state index contributed by atoms with van der Waals surface area (Å²) in [7, 11) is 2.16. The number of nitrogens with two attached hydrogens (primary N) is 1. The second-order valence-electron chi connectivity index (χ2n) is 5.76. The molecule has 3 heteroatoms. The van der Waals surface area contributed by atoms with E-state index in [1.807, 2.05) is 13.1 Å². The van der Waals surface area contributed by atoms with E-state index in [1.54, 1.807) is 0 Å². The van der Waals surface area contributed by atoms with Crippen molar-refractivity contribution < 1.29 is 0 Å². The van der Waals surface area contributed by atoms with Crippen molar-refractivity contribution in [3.05, 3.63) is 23.9 Å². The lowest BCUT2D eigenvalue weighted by atomic mass is 9.87. The fraction of sp³-hybridized carbons (Fsp3) is 0.667. The van der Waals surface area contributed by atoms with E-state index in [-0.39, 0.29) is 6.04 Å². The fourth-order valence-corrected chi connectivity index (χ4v) is 2.69. The van der Waals surface area contributed by atoms with Crippen LogP contribution < -0.4 is 10.6 Å². The lowest BCUT2D eigenvalue weighted by molar-refractivity contribution is 0.340. The maximum atomic E-state index is 5.84. The van der Waals surface area contributed by atoms with Gasteiger partial charge < -0.3 is 10.6 Å². The predicted octanol–water partition coefficient (Wildman–Crippen LogP) is 3.12. The minimum absolute atomic E-state index is 0.0624. The van der Waals surface area contributed by atoms with Gasteiger partial charge in [-0.2, -0.15) is 0 Å². The smallest absolute Gasteiger partial charge is 0.128 e. The van der Waals surface area contributed by atoms with Gasteiger partial charge in [0.15, 0.2) is 0 Å². The van der Waals surface area contributed by atoms with Crippen molar-refractivity contribution in [1.82, 2.24) is 4.98 Å². The van der Waals surface area contributed by atoms with E-state index in [4.69, 9.17) is 5.73 Å². The minimum Gasteiger partial charge on any atom is -0.357 e. The van der Waals surface area contributed by atoms with Crippen molar-refractivity contribution in [3.63, 3.8) is 0 Å². The Balaban J connectivity index is 2.02. The van der Waals surface area contributed by atoms with Gasteiger partial charge in [-0.05, 0) is 50.2 Å². The second kappa shape index (κ2) is 5.70. The maximum absolute atomic E-state index is 5.84. The zero-order valence-electron chi connectivity index (χ0n) is 11.8. The Labute approximate surface area is 110 Å². The summed E-state index contributed by atoms with van der Waals surface area (Å²) >= 11 is 0. The highest BCUT2D eigenvalue weighted by atomic mass is 15.2. The number of hydrogen-bond donors (Lipinski definition) is 1. The molecule has 0 radical (unpaired) electrons. The number of rotatable bonds is 3. The molecule has 0 aliphatic heterocycles. The molecule has 18 heavy (non-hydrogen) atoms. The lowest BCUT2D eigenvalue weighted by Gasteiger charge is -2.34. The first-order valence-corrected chi connectivity index (χ1v) is 7.02. The highest BCUT2D eigenvalue weighted by Crippen LogP contribution is 2.28. The maximum Gasteiger partial charge on any atom is 0.128 e. The molecular formula is C15H25N3. The van der Waals surface area contributed by atoms with Crippen LogP contribution >= 0.6 is 0 Å². The van der Waals surface area contributed by atoms with Gasteiger partial charge in [0.2, 0.25) is 0 Å². The summed E-state index contributed by atoms with van der Waals surface area (Å²) in [4.78, 5) is 6.87. The van der Waals surface area contributed by atoms with E-state index in [0.29, 0.717) is 6.04 Å². The molecule has 1 fully saturated rings. The summed E-state index contributed by atoms with van der Waals surface area (Å²) in [5.74, 6) is 1.96. The Morgan fingerprint density at radius 2 is 1.94 bits per heavy atom. The van der Waals surface area contributed by atoms with Crippen LogP contribution in [-0.4, -0.2) is 18.1 Å². The third-order valence-corrected chi connectivity index (χ3v) is 4.19. The van der Waals surface area contributed by atoms with Crippen LogP contribution in [0.1, 0.15) is 51.1 Å². The van der Waals surface area contributed by atoms with E-state index in [2.05, 4.69) is 36.0 Å². The standard InChI is InChI=1S/C15H25N3/c1-11-4-7-14(8-5-11)18(3)15-9-6-13(10-17-15)12(2)16/h6,9-12,14H,4-5,7-8,16H2,1-3H3/t11?,12-,14?/m1/s1. The summed E-state index contributed by atoms with van der Waals surface area (Å²) in [6.45, 7) is 4.34. The average molecular weight is 247 g/mol.